The topological polar surface area (TPSA) is 132 Å². The number of esters is 1. The Balaban J connectivity index is 0. The second-order valence-corrected chi connectivity index (χ2v) is 3.01. The van der Waals surface area contributed by atoms with Crippen molar-refractivity contribution in [3.8, 4) is 0 Å². The van der Waals surface area contributed by atoms with E-state index in [2.05, 4.69) is 9.97 Å². The average molecular weight is 245 g/mol. The molecule has 98 valence electrons. The van der Waals surface area contributed by atoms with Crippen molar-refractivity contribution in [2.24, 2.45) is 0 Å². The molecule has 0 saturated carbocycles. The lowest BCUT2D eigenvalue weighted by Gasteiger charge is -1.97. The molecule has 0 spiro atoms. The smallest absolute Gasteiger partial charge is 0.358 e. The molecule has 0 aliphatic carbocycles. The zero-order valence-corrected chi connectivity index (χ0v) is 10.8. The molecule has 0 fully saturated rings. The first kappa shape index (κ1) is 17.5. The van der Waals surface area contributed by atoms with E-state index in [1.165, 1.54) is 0 Å². The summed E-state index contributed by atoms with van der Waals surface area (Å²) in [7, 11) is 0. The van der Waals surface area contributed by atoms with Crippen molar-refractivity contribution in [1.82, 2.24) is 16.1 Å². The fraction of sp³-hybridized carbons (Fsp3) is 0.500. The minimum absolute atomic E-state index is 0. The number of nitrogens with zero attached hydrogens (tertiary/aromatic N) is 1. The lowest BCUT2D eigenvalue weighted by molar-refractivity contribution is -0.302. The number of aryl methyl sites for hydroxylation is 2. The zero-order chi connectivity index (χ0) is 12.7. The Bertz CT molecular complexity index is 370. The van der Waals surface area contributed by atoms with Crippen molar-refractivity contribution in [3.63, 3.8) is 0 Å². The van der Waals surface area contributed by atoms with E-state index in [1.807, 2.05) is 0 Å². The van der Waals surface area contributed by atoms with Crippen LogP contribution in [0.5, 0.6) is 0 Å². The fourth-order valence-corrected chi connectivity index (χ4v) is 1.01. The summed E-state index contributed by atoms with van der Waals surface area (Å²) in [5, 5.41) is 8.89. The van der Waals surface area contributed by atoms with Gasteiger partial charge in [-0.05, 0) is 27.7 Å². The van der Waals surface area contributed by atoms with Gasteiger partial charge >= 0.3 is 5.97 Å². The van der Waals surface area contributed by atoms with Crippen molar-refractivity contribution >= 4 is 11.9 Å². The number of hydrogen-bond donors (Lipinski definition) is 2. The van der Waals surface area contributed by atoms with Crippen LogP contribution in [0.2, 0.25) is 0 Å². The van der Waals surface area contributed by atoms with Crippen LogP contribution in [-0.4, -0.2) is 28.5 Å². The van der Waals surface area contributed by atoms with Gasteiger partial charge in [0.05, 0.1) is 6.61 Å². The number of rotatable bonds is 2. The lowest BCUT2D eigenvalue weighted by atomic mass is 10.3. The number of ether oxygens (including phenoxy) is 1. The van der Waals surface area contributed by atoms with E-state index in [4.69, 9.17) is 14.6 Å². The first-order chi connectivity index (χ1) is 7.38. The number of carboxylic acids is 1. The second kappa shape index (κ2) is 8.28. The highest BCUT2D eigenvalue weighted by atomic mass is 16.5. The van der Waals surface area contributed by atoms with Crippen molar-refractivity contribution in [1.29, 1.82) is 0 Å². The molecule has 0 unspecified atom stereocenters. The third-order valence-electron chi connectivity index (χ3n) is 1.47. The van der Waals surface area contributed by atoms with Gasteiger partial charge in [0.1, 0.15) is 5.82 Å². The minimum atomic E-state index is -1.08. The minimum Gasteiger partial charge on any atom is -0.550 e. The number of aromatic nitrogens is 2. The number of imidazole rings is 1. The van der Waals surface area contributed by atoms with Gasteiger partial charge in [-0.25, -0.2) is 9.78 Å². The molecular formula is C10H19N3O4. The monoisotopic (exact) mass is 245 g/mol. The normalized spacial score (nSPS) is 8.47. The number of carboxylic acid groups (broad SMARTS) is 1. The van der Waals surface area contributed by atoms with Crippen molar-refractivity contribution < 1.29 is 19.4 Å². The molecule has 7 nitrogen and oxygen atoms in total. The molecule has 0 aliphatic rings. The molecule has 5 N–H and O–H groups in total. The van der Waals surface area contributed by atoms with Gasteiger partial charge in [-0.3, -0.25) is 0 Å². The van der Waals surface area contributed by atoms with Crippen LogP contribution >= 0.6 is 0 Å². The van der Waals surface area contributed by atoms with Crippen LogP contribution in [0.15, 0.2) is 0 Å². The van der Waals surface area contributed by atoms with E-state index in [0.717, 1.165) is 18.4 Å². The van der Waals surface area contributed by atoms with Crippen LogP contribution in [0.4, 0.5) is 0 Å². The molecule has 1 heterocycles. The van der Waals surface area contributed by atoms with Gasteiger partial charge in [0, 0.05) is 11.7 Å². The number of nitrogens with one attached hydrogen (secondary N) is 1. The van der Waals surface area contributed by atoms with Crippen LogP contribution < -0.4 is 11.3 Å². The van der Waals surface area contributed by atoms with Gasteiger partial charge in [0.15, 0.2) is 5.69 Å². The summed E-state index contributed by atoms with van der Waals surface area (Å²) in [6.45, 7) is 6.72. The summed E-state index contributed by atoms with van der Waals surface area (Å²) in [5.41, 5.74) is 1.14. The summed E-state index contributed by atoms with van der Waals surface area (Å²) < 4.78 is 4.80. The summed E-state index contributed by atoms with van der Waals surface area (Å²) in [4.78, 5) is 27.0. The molecule has 0 aliphatic heterocycles. The standard InChI is InChI=1S/C8H12N2O2.C2H4O2.H3N/c1-4-12-8(11)7-5(2)9-6(3)10-7;1-2(3)4;/h4H2,1-3H3,(H,9,10);1H3,(H,3,4);1H3. The highest BCUT2D eigenvalue weighted by molar-refractivity contribution is 5.88. The third-order valence-corrected chi connectivity index (χ3v) is 1.47. The quantitative estimate of drug-likeness (QED) is 0.725. The van der Waals surface area contributed by atoms with E-state index < -0.39 is 5.97 Å². The number of quaternary nitrogens is 1. The molecule has 0 aromatic carbocycles. The maximum absolute atomic E-state index is 11.2. The number of carbonyl (C=O) groups is 2. The van der Waals surface area contributed by atoms with E-state index in [9.17, 15) is 4.79 Å². The van der Waals surface area contributed by atoms with Gasteiger partial charge in [-0.15, -0.1) is 0 Å². The Morgan fingerprint density at radius 2 is 1.88 bits per heavy atom. The summed E-state index contributed by atoms with van der Waals surface area (Å²) in [5.74, 6) is -0.713. The van der Waals surface area contributed by atoms with Crippen molar-refractivity contribution in [3.05, 3.63) is 17.2 Å². The second-order valence-electron chi connectivity index (χ2n) is 3.01. The molecule has 1 aromatic rings. The Morgan fingerprint density at radius 1 is 1.41 bits per heavy atom. The van der Waals surface area contributed by atoms with Crippen molar-refractivity contribution in [2.75, 3.05) is 6.61 Å². The molecule has 1 rings (SSSR count). The van der Waals surface area contributed by atoms with Crippen LogP contribution in [0.1, 0.15) is 35.9 Å². The first-order valence-corrected chi connectivity index (χ1v) is 4.76. The molecule has 7 heteroatoms. The van der Waals surface area contributed by atoms with E-state index >= 15 is 0 Å². The molecule has 0 saturated heterocycles. The first-order valence-electron chi connectivity index (χ1n) is 4.76. The Kier molecular flexibility index (Phi) is 8.53. The number of carbonyl (C=O) groups excluding carboxylic acids is 2. The van der Waals surface area contributed by atoms with Crippen LogP contribution in [0.3, 0.4) is 0 Å². The van der Waals surface area contributed by atoms with Crippen LogP contribution in [-0.2, 0) is 9.53 Å². The molecule has 0 atom stereocenters. The van der Waals surface area contributed by atoms with Gasteiger partial charge in [-0.2, -0.15) is 0 Å². The number of aliphatic carboxylic acids is 1. The number of hydrogen-bond acceptors (Lipinski definition) is 5. The van der Waals surface area contributed by atoms with E-state index in [0.29, 0.717) is 12.3 Å². The average Bonchev–Trinajstić information content (AvgIpc) is 2.44. The Hall–Kier alpha value is -1.89. The predicted molar refractivity (Wildman–Crippen MR) is 60.7 cm³/mol. The van der Waals surface area contributed by atoms with Crippen molar-refractivity contribution in [2.45, 2.75) is 27.7 Å². The highest BCUT2D eigenvalue weighted by Gasteiger charge is 2.13. The molecule has 17 heavy (non-hydrogen) atoms. The highest BCUT2D eigenvalue weighted by Crippen LogP contribution is 2.05. The van der Waals surface area contributed by atoms with Crippen LogP contribution in [0, 0.1) is 13.8 Å². The molecular weight excluding hydrogens is 226 g/mol. The molecule has 0 radical (unpaired) electrons. The maximum atomic E-state index is 11.2. The largest absolute Gasteiger partial charge is 0.550 e. The maximum Gasteiger partial charge on any atom is 0.358 e. The number of H-pyrrole nitrogens is 1. The Morgan fingerprint density at radius 3 is 2.18 bits per heavy atom. The molecule has 1 aromatic heterocycles. The molecule has 0 bridgehead atoms. The summed E-state index contributed by atoms with van der Waals surface area (Å²) in [6.07, 6.45) is 0. The molecule has 0 amide bonds. The SMILES string of the molecule is CC(=O)[O-].CCOC(=O)c1nc(C)[nH]c1C.[NH4+]. The third kappa shape index (κ3) is 7.07. The predicted octanol–water partition coefficient (Wildman–Crippen LogP) is 0.336. The lowest BCUT2D eigenvalue weighted by Crippen LogP contribution is -2.16. The van der Waals surface area contributed by atoms with Crippen LogP contribution in [0.25, 0.3) is 0 Å². The van der Waals surface area contributed by atoms with Gasteiger partial charge in [-0.1, -0.05) is 0 Å². The van der Waals surface area contributed by atoms with E-state index in [1.54, 1.807) is 20.8 Å². The van der Waals surface area contributed by atoms with Gasteiger partial charge in [0.2, 0.25) is 0 Å². The number of aromatic amines is 1. The summed E-state index contributed by atoms with van der Waals surface area (Å²) in [6, 6.07) is 0. The Labute approximate surface area is 99.8 Å². The zero-order valence-electron chi connectivity index (χ0n) is 10.8. The fourth-order valence-electron chi connectivity index (χ4n) is 1.01. The summed E-state index contributed by atoms with van der Waals surface area (Å²) >= 11 is 0. The van der Waals surface area contributed by atoms with E-state index in [-0.39, 0.29) is 12.1 Å². The van der Waals surface area contributed by atoms with Gasteiger partial charge in [0.25, 0.3) is 0 Å². The van der Waals surface area contributed by atoms with Gasteiger partial charge < -0.3 is 25.8 Å².